The van der Waals surface area contributed by atoms with E-state index in [1.165, 1.54) is 0 Å². The number of H-pyrrole nitrogens is 1. The topological polar surface area (TPSA) is 37.8 Å². The third-order valence-electron chi connectivity index (χ3n) is 1.73. The Hall–Kier alpha value is -1.51. The number of imidazole rings is 1. The Bertz CT molecular complexity index is 370. The highest BCUT2D eigenvalue weighted by atomic mass is 16.1. The van der Waals surface area contributed by atoms with Crippen LogP contribution in [-0.2, 0) is 7.05 Å². The van der Waals surface area contributed by atoms with E-state index in [9.17, 15) is 4.79 Å². The normalized spacial score (nSPS) is 8.88. The fourth-order valence-corrected chi connectivity index (χ4v) is 1.07. The number of nitrogens with zero attached hydrogens (tertiary/aromatic N) is 1. The molecule has 3 nitrogen and oxygen atoms in total. The molecule has 0 atom stereocenters. The third-order valence-corrected chi connectivity index (χ3v) is 1.73. The van der Waals surface area contributed by atoms with Crippen molar-refractivity contribution in [2.75, 3.05) is 0 Å². The highest BCUT2D eigenvalue weighted by Gasteiger charge is 2.02. The van der Waals surface area contributed by atoms with Gasteiger partial charge in [-0.3, -0.25) is 4.57 Å². The first kappa shape index (κ1) is 16.9. The number of rotatable bonds is 2. The molecule has 1 aromatic heterocycles. The molecule has 1 heterocycles. The van der Waals surface area contributed by atoms with Crippen molar-refractivity contribution in [2.24, 2.45) is 7.05 Å². The van der Waals surface area contributed by atoms with Gasteiger partial charge in [-0.2, -0.15) is 0 Å². The van der Waals surface area contributed by atoms with Crippen LogP contribution >= 0.6 is 0 Å². The second-order valence-corrected chi connectivity index (χ2v) is 2.59. The second-order valence-electron chi connectivity index (χ2n) is 2.59. The number of hydrogen-bond donors (Lipinski definition) is 1. The van der Waals surface area contributed by atoms with Gasteiger partial charge in [0.1, 0.15) is 0 Å². The minimum absolute atomic E-state index is 0.0868. The molecule has 0 unspecified atom stereocenters. The molecular weight excluding hydrogens is 200 g/mol. The lowest BCUT2D eigenvalue weighted by Crippen LogP contribution is -2.13. The molecule has 0 aromatic carbocycles. The SMILES string of the molecule is C=C/C=C\c1c(C)[nH]c(=O)n1C.CC.CC. The van der Waals surface area contributed by atoms with Gasteiger partial charge in [0, 0.05) is 12.7 Å². The number of aromatic amines is 1. The summed E-state index contributed by atoms with van der Waals surface area (Å²) >= 11 is 0. The number of aromatic nitrogens is 2. The van der Waals surface area contributed by atoms with Crippen molar-refractivity contribution in [3.05, 3.63) is 40.6 Å². The van der Waals surface area contributed by atoms with Crippen molar-refractivity contribution >= 4 is 6.08 Å². The van der Waals surface area contributed by atoms with Crippen molar-refractivity contribution in [3.8, 4) is 0 Å². The van der Waals surface area contributed by atoms with Crippen molar-refractivity contribution in [1.29, 1.82) is 0 Å². The molecule has 0 saturated carbocycles. The van der Waals surface area contributed by atoms with E-state index < -0.39 is 0 Å². The number of aryl methyl sites for hydroxylation is 1. The zero-order valence-electron chi connectivity index (χ0n) is 11.3. The minimum Gasteiger partial charge on any atom is -0.310 e. The van der Waals surface area contributed by atoms with Gasteiger partial charge in [-0.15, -0.1) is 0 Å². The third kappa shape index (κ3) is 4.82. The predicted octanol–water partition coefficient (Wildman–Crippen LogP) is 3.27. The van der Waals surface area contributed by atoms with Crippen LogP contribution in [-0.4, -0.2) is 9.55 Å². The summed E-state index contributed by atoms with van der Waals surface area (Å²) in [6.07, 6.45) is 5.33. The number of hydrogen-bond acceptors (Lipinski definition) is 1. The maximum Gasteiger partial charge on any atom is 0.325 e. The van der Waals surface area contributed by atoms with E-state index in [4.69, 9.17) is 0 Å². The Kier molecular flexibility index (Phi) is 10.6. The highest BCUT2D eigenvalue weighted by molar-refractivity contribution is 5.49. The molecule has 3 heteroatoms. The van der Waals surface area contributed by atoms with Gasteiger partial charge in [0.15, 0.2) is 0 Å². The maximum absolute atomic E-state index is 11.1. The van der Waals surface area contributed by atoms with Crippen LogP contribution in [0.5, 0.6) is 0 Å². The summed E-state index contributed by atoms with van der Waals surface area (Å²) in [7, 11) is 1.73. The van der Waals surface area contributed by atoms with Crippen LogP contribution < -0.4 is 5.69 Å². The van der Waals surface area contributed by atoms with Crippen LogP contribution in [0, 0.1) is 6.92 Å². The second kappa shape index (κ2) is 10.0. The van der Waals surface area contributed by atoms with Gasteiger partial charge in [0.2, 0.25) is 0 Å². The first-order chi connectivity index (χ1) is 7.66. The fraction of sp³-hybridized carbons (Fsp3) is 0.462. The molecule has 1 rings (SSSR count). The van der Waals surface area contributed by atoms with Gasteiger partial charge in [-0.25, -0.2) is 4.79 Å². The van der Waals surface area contributed by atoms with E-state index in [0.717, 1.165) is 11.4 Å². The van der Waals surface area contributed by atoms with E-state index in [0.29, 0.717) is 0 Å². The van der Waals surface area contributed by atoms with Gasteiger partial charge in [-0.1, -0.05) is 46.4 Å². The summed E-state index contributed by atoms with van der Waals surface area (Å²) < 4.78 is 1.56. The average Bonchev–Trinajstić information content (AvgIpc) is 2.57. The molecule has 92 valence electrons. The van der Waals surface area contributed by atoms with Crippen LogP contribution in [0.15, 0.2) is 23.5 Å². The van der Waals surface area contributed by atoms with Crippen LogP contribution in [0.4, 0.5) is 0 Å². The standard InChI is InChI=1S/C9H12N2O.2C2H6/c1-4-5-6-8-7(2)10-9(12)11(8)3;2*1-2/h4-6H,1H2,2-3H3,(H,10,12);2*1-2H3/b6-5-;;. The molecule has 0 fully saturated rings. The van der Waals surface area contributed by atoms with Crippen LogP contribution in [0.3, 0.4) is 0 Å². The van der Waals surface area contributed by atoms with Gasteiger partial charge in [0.05, 0.1) is 5.69 Å². The van der Waals surface area contributed by atoms with E-state index in [-0.39, 0.29) is 5.69 Å². The van der Waals surface area contributed by atoms with Crippen molar-refractivity contribution < 1.29 is 0 Å². The lowest BCUT2D eigenvalue weighted by molar-refractivity contribution is 0.853. The van der Waals surface area contributed by atoms with Crippen LogP contribution in [0.1, 0.15) is 39.1 Å². The smallest absolute Gasteiger partial charge is 0.310 e. The van der Waals surface area contributed by atoms with Gasteiger partial charge in [0.25, 0.3) is 0 Å². The van der Waals surface area contributed by atoms with E-state index in [1.54, 1.807) is 23.8 Å². The summed E-state index contributed by atoms with van der Waals surface area (Å²) in [4.78, 5) is 13.8. The quantitative estimate of drug-likeness (QED) is 0.769. The maximum atomic E-state index is 11.1. The van der Waals surface area contributed by atoms with Gasteiger partial charge in [-0.05, 0) is 13.0 Å². The van der Waals surface area contributed by atoms with E-state index in [2.05, 4.69) is 11.6 Å². The first-order valence-electron chi connectivity index (χ1n) is 5.71. The molecule has 1 aromatic rings. The Labute approximate surface area is 98.5 Å². The minimum atomic E-state index is -0.0868. The lowest BCUT2D eigenvalue weighted by Gasteiger charge is -1.93. The molecule has 16 heavy (non-hydrogen) atoms. The highest BCUT2D eigenvalue weighted by Crippen LogP contribution is 2.03. The monoisotopic (exact) mass is 224 g/mol. The summed E-state index contributed by atoms with van der Waals surface area (Å²) in [5.41, 5.74) is 1.68. The van der Waals surface area contributed by atoms with E-state index >= 15 is 0 Å². The summed E-state index contributed by atoms with van der Waals surface area (Å²) in [6, 6.07) is 0. The van der Waals surface area contributed by atoms with Crippen molar-refractivity contribution in [3.63, 3.8) is 0 Å². The Balaban J connectivity index is 0. The van der Waals surface area contributed by atoms with E-state index in [1.807, 2.05) is 40.7 Å². The predicted molar refractivity (Wildman–Crippen MR) is 72.7 cm³/mol. The zero-order chi connectivity index (χ0) is 13.1. The molecule has 0 aliphatic carbocycles. The van der Waals surface area contributed by atoms with Crippen LogP contribution in [0.2, 0.25) is 0 Å². The molecule has 0 bridgehead atoms. The molecule has 0 aliphatic rings. The van der Waals surface area contributed by atoms with Crippen molar-refractivity contribution in [2.45, 2.75) is 34.6 Å². The molecule has 0 radical (unpaired) electrons. The lowest BCUT2D eigenvalue weighted by atomic mass is 10.3. The molecule has 0 amide bonds. The average molecular weight is 224 g/mol. The molecule has 0 spiro atoms. The first-order valence-corrected chi connectivity index (χ1v) is 5.71. The van der Waals surface area contributed by atoms with Gasteiger partial charge < -0.3 is 4.98 Å². The molecule has 1 N–H and O–H groups in total. The zero-order valence-corrected chi connectivity index (χ0v) is 11.3. The number of nitrogens with one attached hydrogen (secondary N) is 1. The van der Waals surface area contributed by atoms with Gasteiger partial charge >= 0.3 is 5.69 Å². The Morgan fingerprint density at radius 3 is 2.06 bits per heavy atom. The molecule has 0 saturated heterocycles. The summed E-state index contributed by atoms with van der Waals surface area (Å²) in [5, 5.41) is 0. The largest absolute Gasteiger partial charge is 0.325 e. The summed E-state index contributed by atoms with van der Waals surface area (Å²) in [5.74, 6) is 0. The Morgan fingerprint density at radius 1 is 1.25 bits per heavy atom. The number of allylic oxidation sites excluding steroid dienone is 2. The summed E-state index contributed by atoms with van der Waals surface area (Å²) in [6.45, 7) is 13.4. The fourth-order valence-electron chi connectivity index (χ4n) is 1.07. The molecule has 0 aliphatic heterocycles. The molecular formula is C13H24N2O. The van der Waals surface area contributed by atoms with Crippen LogP contribution in [0.25, 0.3) is 6.08 Å². The Morgan fingerprint density at radius 2 is 1.75 bits per heavy atom. The van der Waals surface area contributed by atoms with Crippen molar-refractivity contribution in [1.82, 2.24) is 9.55 Å².